The molecule has 1 saturated carbocycles. The molecule has 1 N–H and O–H groups in total. The lowest BCUT2D eigenvalue weighted by atomic mass is 9.86. The molecule has 0 atom stereocenters. The van der Waals surface area contributed by atoms with Gasteiger partial charge in [-0.2, -0.15) is 5.10 Å². The first-order valence-corrected chi connectivity index (χ1v) is 9.00. The van der Waals surface area contributed by atoms with Gasteiger partial charge in [-0.25, -0.2) is 4.39 Å². The second kappa shape index (κ2) is 6.03. The van der Waals surface area contributed by atoms with Gasteiger partial charge in [0.15, 0.2) is 0 Å². The van der Waals surface area contributed by atoms with Gasteiger partial charge in [-0.3, -0.25) is 10.1 Å². The number of nitrogens with one attached hydrogen (secondary N) is 1. The summed E-state index contributed by atoms with van der Waals surface area (Å²) < 4.78 is 26.7. The van der Waals surface area contributed by atoms with E-state index < -0.39 is 24.0 Å². The van der Waals surface area contributed by atoms with Gasteiger partial charge >= 0.3 is 7.12 Å². The van der Waals surface area contributed by atoms with E-state index in [0.717, 1.165) is 35.4 Å². The van der Waals surface area contributed by atoms with Crippen LogP contribution in [0.25, 0.3) is 17.3 Å². The van der Waals surface area contributed by atoms with Crippen LogP contribution in [0.3, 0.4) is 0 Å². The Hall–Kier alpha value is -1.99. The second-order valence-electron chi connectivity index (χ2n) is 8.03. The number of H-pyrrole nitrogens is 1. The number of aromatic nitrogens is 3. The number of hydrogen-bond donors (Lipinski definition) is 1. The molecular weight excluding hydrogens is 332 g/mol. The van der Waals surface area contributed by atoms with Crippen LogP contribution in [0.5, 0.6) is 0 Å². The number of pyridine rings is 1. The number of nitrogens with zero attached hydrogens (tertiary/aromatic N) is 2. The topological polar surface area (TPSA) is 60.0 Å². The Bertz CT molecular complexity index is 828. The first-order valence-electron chi connectivity index (χ1n) is 9.00. The van der Waals surface area contributed by atoms with E-state index in [9.17, 15) is 0 Å². The largest absolute Gasteiger partial charge is 0.525 e. The maximum absolute atomic E-state index is 15.1. The van der Waals surface area contributed by atoms with Crippen LogP contribution in [0.4, 0.5) is 4.39 Å². The predicted octanol–water partition coefficient (Wildman–Crippen LogP) is 4.29. The fourth-order valence-electron chi connectivity index (χ4n) is 3.08. The number of aromatic amines is 1. The zero-order chi connectivity index (χ0) is 18.5. The van der Waals surface area contributed by atoms with Crippen molar-refractivity contribution >= 4 is 13.2 Å². The molecule has 0 aromatic carbocycles. The van der Waals surface area contributed by atoms with E-state index in [1.54, 1.807) is 12.4 Å². The second-order valence-corrected chi connectivity index (χ2v) is 8.03. The Morgan fingerprint density at radius 2 is 1.81 bits per heavy atom. The first-order chi connectivity index (χ1) is 12.3. The molecule has 2 aliphatic rings. The van der Waals surface area contributed by atoms with E-state index >= 15 is 4.39 Å². The lowest BCUT2D eigenvalue weighted by molar-refractivity contribution is 0.00578. The molecule has 2 fully saturated rings. The molecule has 2 aromatic heterocycles. The van der Waals surface area contributed by atoms with Crippen LogP contribution in [-0.2, 0) is 9.31 Å². The summed E-state index contributed by atoms with van der Waals surface area (Å²) in [6, 6.07) is 3.74. The van der Waals surface area contributed by atoms with E-state index in [2.05, 4.69) is 15.2 Å². The Morgan fingerprint density at radius 3 is 2.38 bits per heavy atom. The van der Waals surface area contributed by atoms with Gasteiger partial charge in [0.05, 0.1) is 16.9 Å². The average Bonchev–Trinajstić information content (AvgIpc) is 3.30. The number of rotatable bonds is 4. The van der Waals surface area contributed by atoms with Gasteiger partial charge in [0, 0.05) is 35.1 Å². The third-order valence-electron chi connectivity index (χ3n) is 5.53. The molecule has 26 heavy (non-hydrogen) atoms. The maximum atomic E-state index is 15.1. The molecule has 0 unspecified atom stereocenters. The Kier molecular flexibility index (Phi) is 4.04. The van der Waals surface area contributed by atoms with Gasteiger partial charge in [-0.05, 0) is 58.7 Å². The van der Waals surface area contributed by atoms with Crippen LogP contribution in [-0.4, -0.2) is 33.5 Å². The summed E-state index contributed by atoms with van der Waals surface area (Å²) in [5, 5.41) is 7.54. The molecule has 1 aliphatic heterocycles. The molecule has 0 amide bonds. The summed E-state index contributed by atoms with van der Waals surface area (Å²) >= 11 is 0. The molecule has 0 bridgehead atoms. The fourth-order valence-corrected chi connectivity index (χ4v) is 3.08. The van der Waals surface area contributed by atoms with Crippen molar-refractivity contribution in [1.82, 2.24) is 15.2 Å². The van der Waals surface area contributed by atoms with Gasteiger partial charge in [-0.15, -0.1) is 0 Å². The van der Waals surface area contributed by atoms with Crippen molar-refractivity contribution in [3.05, 3.63) is 41.5 Å². The number of halogens is 1. The highest BCUT2D eigenvalue weighted by molar-refractivity contribution is 6.54. The minimum Gasteiger partial charge on any atom is -0.398 e. The zero-order valence-electron chi connectivity index (χ0n) is 15.5. The molecule has 3 heterocycles. The number of hydrogen-bond acceptors (Lipinski definition) is 4. The highest BCUT2D eigenvalue weighted by Crippen LogP contribution is 2.44. The van der Waals surface area contributed by atoms with Gasteiger partial charge in [0.1, 0.15) is 5.73 Å². The van der Waals surface area contributed by atoms with Crippen molar-refractivity contribution in [3.8, 4) is 11.3 Å². The normalized spacial score (nSPS) is 22.0. The lowest BCUT2D eigenvalue weighted by Gasteiger charge is -2.32. The Balaban J connectivity index is 1.71. The van der Waals surface area contributed by atoms with Crippen molar-refractivity contribution in [1.29, 1.82) is 0 Å². The van der Waals surface area contributed by atoms with Crippen LogP contribution in [0.15, 0.2) is 30.3 Å². The highest BCUT2D eigenvalue weighted by atomic mass is 19.1. The fraction of sp³-hybridized carbons (Fsp3) is 0.474. The molecule has 1 saturated heterocycles. The molecule has 4 rings (SSSR count). The summed E-state index contributed by atoms with van der Waals surface area (Å²) in [4.78, 5) is 4.04. The van der Waals surface area contributed by atoms with Crippen molar-refractivity contribution in [3.63, 3.8) is 0 Å². The summed E-state index contributed by atoms with van der Waals surface area (Å²) in [6.07, 6.45) is 7.11. The molecule has 0 spiro atoms. The summed E-state index contributed by atoms with van der Waals surface area (Å²) in [6.45, 7) is 7.65. The quantitative estimate of drug-likeness (QED) is 0.831. The minimum absolute atomic E-state index is 0.412. The monoisotopic (exact) mass is 355 g/mol. The lowest BCUT2D eigenvalue weighted by Crippen LogP contribution is -2.41. The van der Waals surface area contributed by atoms with Crippen molar-refractivity contribution in [2.24, 2.45) is 0 Å². The molecule has 7 heteroatoms. The molecular formula is C19H23BFN3O2. The summed E-state index contributed by atoms with van der Waals surface area (Å²) in [5.74, 6) is 0.412. The predicted molar refractivity (Wildman–Crippen MR) is 99.0 cm³/mol. The minimum atomic E-state index is -1.01. The third kappa shape index (κ3) is 2.99. The van der Waals surface area contributed by atoms with Gasteiger partial charge in [-0.1, -0.05) is 0 Å². The van der Waals surface area contributed by atoms with Crippen molar-refractivity contribution < 1.29 is 13.7 Å². The van der Waals surface area contributed by atoms with Gasteiger partial charge < -0.3 is 9.31 Å². The maximum Gasteiger partial charge on any atom is 0.525 e. The SMILES string of the molecule is CC1(C)OB(C(F)=Cc2c(-c3ccncc3)n[nH]c2C2CC2)OC1(C)C. The zero-order valence-corrected chi connectivity index (χ0v) is 15.5. The smallest absolute Gasteiger partial charge is 0.398 e. The third-order valence-corrected chi connectivity index (χ3v) is 5.53. The van der Waals surface area contributed by atoms with Crippen LogP contribution in [0.1, 0.15) is 57.7 Å². The van der Waals surface area contributed by atoms with Crippen molar-refractivity contribution in [2.75, 3.05) is 0 Å². The summed E-state index contributed by atoms with van der Waals surface area (Å²) in [7, 11) is -1.01. The van der Waals surface area contributed by atoms with Gasteiger partial charge in [0.25, 0.3) is 0 Å². The van der Waals surface area contributed by atoms with E-state index in [0.29, 0.717) is 5.92 Å². The van der Waals surface area contributed by atoms with Gasteiger partial charge in [0.2, 0.25) is 0 Å². The molecule has 0 radical (unpaired) electrons. The highest BCUT2D eigenvalue weighted by Gasteiger charge is 2.53. The standard InChI is InChI=1S/C19H23BFN3O2/c1-18(2)19(3,4)26-20(25-18)15(21)11-14-16(12-5-6-12)23-24-17(14)13-7-9-22-10-8-13/h7-12H,5-6H2,1-4H3,(H,23,24). The van der Waals surface area contributed by atoms with E-state index in [1.165, 1.54) is 6.08 Å². The average molecular weight is 355 g/mol. The summed E-state index contributed by atoms with van der Waals surface area (Å²) in [5.41, 5.74) is 1.77. The molecule has 136 valence electrons. The van der Waals surface area contributed by atoms with E-state index in [-0.39, 0.29) is 0 Å². The molecule has 1 aliphatic carbocycles. The Labute approximate surface area is 153 Å². The molecule has 2 aromatic rings. The van der Waals surface area contributed by atoms with E-state index in [4.69, 9.17) is 9.31 Å². The van der Waals surface area contributed by atoms with Crippen LogP contribution >= 0.6 is 0 Å². The van der Waals surface area contributed by atoms with Crippen molar-refractivity contribution in [2.45, 2.75) is 57.7 Å². The Morgan fingerprint density at radius 1 is 1.19 bits per heavy atom. The van der Waals surface area contributed by atoms with Crippen LogP contribution in [0.2, 0.25) is 0 Å². The van der Waals surface area contributed by atoms with Crippen LogP contribution < -0.4 is 0 Å². The van der Waals surface area contributed by atoms with Crippen LogP contribution in [0, 0.1) is 0 Å². The van der Waals surface area contributed by atoms with E-state index in [1.807, 2.05) is 39.8 Å². The first kappa shape index (κ1) is 17.4. The molecule has 5 nitrogen and oxygen atoms in total.